The third kappa shape index (κ3) is 3.76. The fourth-order valence-corrected chi connectivity index (χ4v) is 3.61. The van der Waals surface area contributed by atoms with Gasteiger partial charge in [-0.25, -0.2) is 9.18 Å². The molecule has 2 aliphatic rings. The van der Waals surface area contributed by atoms with E-state index in [9.17, 15) is 14.0 Å². The van der Waals surface area contributed by atoms with Crippen molar-refractivity contribution in [2.24, 2.45) is 5.41 Å². The fraction of sp³-hybridized carbons (Fsp3) is 0.556. The van der Waals surface area contributed by atoms with Crippen LogP contribution in [-0.2, 0) is 9.53 Å². The van der Waals surface area contributed by atoms with Crippen molar-refractivity contribution in [2.45, 2.75) is 25.3 Å². The first-order valence-corrected chi connectivity index (χ1v) is 8.61. The highest BCUT2D eigenvalue weighted by molar-refractivity contribution is 5.89. The summed E-state index contributed by atoms with van der Waals surface area (Å²) in [6.07, 6.45) is 3.18. The molecule has 1 atom stereocenters. The molecule has 1 aromatic carbocycles. The average Bonchev–Trinajstić information content (AvgIpc) is 2.56. The van der Waals surface area contributed by atoms with Crippen molar-refractivity contribution in [2.75, 3.05) is 33.4 Å². The summed E-state index contributed by atoms with van der Waals surface area (Å²) < 4.78 is 18.8. The molecule has 0 unspecified atom stereocenters. The van der Waals surface area contributed by atoms with Gasteiger partial charge in [-0.3, -0.25) is 4.79 Å². The van der Waals surface area contributed by atoms with Gasteiger partial charge in [-0.1, -0.05) is 18.6 Å². The van der Waals surface area contributed by atoms with E-state index in [0.29, 0.717) is 31.8 Å². The molecule has 0 bridgehead atoms. The van der Waals surface area contributed by atoms with Gasteiger partial charge in [0.1, 0.15) is 11.9 Å². The third-order valence-electron chi connectivity index (χ3n) is 5.12. The number of rotatable bonds is 5. The standard InChI is InChI=1S/C18H24FN3O3/c1-25-12-18(6-3-7-18)11-21-17(24)22-9-8-20-16(23)15(22)13-4-2-5-14(19)10-13/h2,4-5,10,15H,3,6-9,11-12H2,1H3,(H,20,23)(H,21,24)/t15-/m0/s1. The first-order valence-electron chi connectivity index (χ1n) is 8.61. The molecule has 1 aliphatic carbocycles. The Bertz CT molecular complexity index is 648. The molecule has 1 saturated heterocycles. The van der Waals surface area contributed by atoms with Gasteiger partial charge < -0.3 is 20.3 Å². The molecule has 1 aliphatic heterocycles. The number of hydrogen-bond acceptors (Lipinski definition) is 3. The normalized spacial score (nSPS) is 22.1. The molecule has 2 N–H and O–H groups in total. The Morgan fingerprint density at radius 2 is 2.28 bits per heavy atom. The number of methoxy groups -OCH3 is 1. The van der Waals surface area contributed by atoms with Gasteiger partial charge in [0, 0.05) is 32.2 Å². The molecule has 1 saturated carbocycles. The maximum absolute atomic E-state index is 13.6. The first kappa shape index (κ1) is 17.7. The summed E-state index contributed by atoms with van der Waals surface area (Å²) in [6.45, 7) is 1.91. The predicted octanol–water partition coefficient (Wildman–Crippen LogP) is 1.82. The molecule has 1 heterocycles. The van der Waals surface area contributed by atoms with E-state index in [1.165, 1.54) is 17.0 Å². The molecular weight excluding hydrogens is 325 g/mol. The maximum Gasteiger partial charge on any atom is 0.318 e. The van der Waals surface area contributed by atoms with Crippen LogP contribution < -0.4 is 10.6 Å². The highest BCUT2D eigenvalue weighted by atomic mass is 19.1. The Labute approximate surface area is 146 Å². The van der Waals surface area contributed by atoms with Crippen LogP contribution in [0.25, 0.3) is 0 Å². The van der Waals surface area contributed by atoms with Crippen LogP contribution in [0.3, 0.4) is 0 Å². The number of piperazine rings is 1. The van der Waals surface area contributed by atoms with Crippen molar-refractivity contribution < 1.29 is 18.7 Å². The van der Waals surface area contributed by atoms with Crippen molar-refractivity contribution in [3.8, 4) is 0 Å². The van der Waals surface area contributed by atoms with Gasteiger partial charge in [0.15, 0.2) is 0 Å². The minimum atomic E-state index is -0.816. The quantitative estimate of drug-likeness (QED) is 0.852. The van der Waals surface area contributed by atoms with Crippen molar-refractivity contribution in [1.29, 1.82) is 0 Å². The second-order valence-corrected chi connectivity index (χ2v) is 6.89. The molecule has 136 valence electrons. The monoisotopic (exact) mass is 349 g/mol. The van der Waals surface area contributed by atoms with Gasteiger partial charge in [-0.05, 0) is 30.5 Å². The second-order valence-electron chi connectivity index (χ2n) is 6.89. The molecule has 0 spiro atoms. The van der Waals surface area contributed by atoms with Gasteiger partial charge in [-0.15, -0.1) is 0 Å². The van der Waals surface area contributed by atoms with Gasteiger partial charge in [0.2, 0.25) is 5.91 Å². The van der Waals surface area contributed by atoms with Crippen molar-refractivity contribution >= 4 is 11.9 Å². The lowest BCUT2D eigenvalue weighted by Gasteiger charge is -2.42. The zero-order chi connectivity index (χ0) is 17.9. The predicted molar refractivity (Wildman–Crippen MR) is 90.4 cm³/mol. The molecule has 2 fully saturated rings. The molecule has 3 amide bonds. The molecular formula is C18H24FN3O3. The van der Waals surface area contributed by atoms with Crippen molar-refractivity contribution in [3.63, 3.8) is 0 Å². The smallest absolute Gasteiger partial charge is 0.318 e. The van der Waals surface area contributed by atoms with E-state index in [1.807, 2.05) is 0 Å². The first-order chi connectivity index (χ1) is 12.0. The highest BCUT2D eigenvalue weighted by Gasteiger charge is 2.39. The number of hydrogen-bond donors (Lipinski definition) is 2. The van der Waals surface area contributed by atoms with Crippen LogP contribution in [0.1, 0.15) is 30.9 Å². The number of benzene rings is 1. The average molecular weight is 349 g/mol. The summed E-state index contributed by atoms with van der Waals surface area (Å²) in [5.41, 5.74) is 0.471. The van der Waals surface area contributed by atoms with E-state index < -0.39 is 11.9 Å². The Morgan fingerprint density at radius 1 is 1.48 bits per heavy atom. The molecule has 25 heavy (non-hydrogen) atoms. The number of urea groups is 1. The molecule has 0 aromatic heterocycles. The summed E-state index contributed by atoms with van der Waals surface area (Å²) in [5.74, 6) is -0.716. The minimum absolute atomic E-state index is 0.00317. The van der Waals surface area contributed by atoms with Crippen LogP contribution in [-0.4, -0.2) is 50.2 Å². The van der Waals surface area contributed by atoms with Gasteiger partial charge in [0.25, 0.3) is 0 Å². The Morgan fingerprint density at radius 3 is 2.92 bits per heavy atom. The lowest BCUT2D eigenvalue weighted by Crippen LogP contribution is -2.56. The lowest BCUT2D eigenvalue weighted by molar-refractivity contribution is -0.127. The lowest BCUT2D eigenvalue weighted by atomic mass is 9.69. The number of ether oxygens (including phenoxy) is 1. The summed E-state index contributed by atoms with van der Waals surface area (Å²) in [7, 11) is 1.66. The highest BCUT2D eigenvalue weighted by Crippen LogP contribution is 2.40. The second kappa shape index (κ2) is 7.39. The van der Waals surface area contributed by atoms with E-state index in [4.69, 9.17) is 4.74 Å². The number of nitrogens with one attached hydrogen (secondary N) is 2. The zero-order valence-electron chi connectivity index (χ0n) is 14.4. The van der Waals surface area contributed by atoms with Crippen molar-refractivity contribution in [3.05, 3.63) is 35.6 Å². The van der Waals surface area contributed by atoms with Gasteiger partial charge in [0.05, 0.1) is 6.61 Å². The van der Waals surface area contributed by atoms with E-state index in [2.05, 4.69) is 10.6 Å². The Balaban J connectivity index is 1.71. The number of nitrogens with zero attached hydrogens (tertiary/aromatic N) is 1. The molecule has 1 aromatic rings. The van der Waals surface area contributed by atoms with Crippen LogP contribution in [0, 0.1) is 11.2 Å². The van der Waals surface area contributed by atoms with Crippen LogP contribution in [0.5, 0.6) is 0 Å². The third-order valence-corrected chi connectivity index (χ3v) is 5.12. The fourth-order valence-electron chi connectivity index (χ4n) is 3.61. The zero-order valence-corrected chi connectivity index (χ0v) is 14.4. The topological polar surface area (TPSA) is 70.7 Å². The SMILES string of the molecule is COCC1(CNC(=O)N2CCNC(=O)[C@@H]2c2cccc(F)c2)CCC1. The number of halogens is 1. The number of carbonyl (C=O) groups excluding carboxylic acids is 2. The maximum atomic E-state index is 13.6. The van der Waals surface area contributed by atoms with E-state index in [1.54, 1.807) is 19.2 Å². The Kier molecular flexibility index (Phi) is 5.22. The van der Waals surface area contributed by atoms with Crippen LogP contribution in [0.2, 0.25) is 0 Å². The number of carbonyl (C=O) groups is 2. The number of amides is 3. The van der Waals surface area contributed by atoms with E-state index >= 15 is 0 Å². The summed E-state index contributed by atoms with van der Waals surface area (Å²) in [4.78, 5) is 26.5. The van der Waals surface area contributed by atoms with Crippen LogP contribution >= 0.6 is 0 Å². The summed E-state index contributed by atoms with van der Waals surface area (Å²) in [5, 5.41) is 5.69. The Hall–Kier alpha value is -2.15. The largest absolute Gasteiger partial charge is 0.384 e. The molecule has 7 heteroatoms. The van der Waals surface area contributed by atoms with Crippen LogP contribution in [0.4, 0.5) is 9.18 Å². The molecule has 0 radical (unpaired) electrons. The minimum Gasteiger partial charge on any atom is -0.384 e. The summed E-state index contributed by atoms with van der Waals surface area (Å²) >= 11 is 0. The van der Waals surface area contributed by atoms with Crippen molar-refractivity contribution in [1.82, 2.24) is 15.5 Å². The van der Waals surface area contributed by atoms with E-state index in [-0.39, 0.29) is 17.4 Å². The van der Waals surface area contributed by atoms with Crippen LogP contribution in [0.15, 0.2) is 24.3 Å². The van der Waals surface area contributed by atoms with E-state index in [0.717, 1.165) is 19.3 Å². The summed E-state index contributed by atoms with van der Waals surface area (Å²) in [6, 6.07) is 4.71. The molecule has 3 rings (SSSR count). The van der Waals surface area contributed by atoms with Gasteiger partial charge in [-0.2, -0.15) is 0 Å². The van der Waals surface area contributed by atoms with Gasteiger partial charge >= 0.3 is 6.03 Å². The molecule has 6 nitrogen and oxygen atoms in total.